The number of likely N-dealkylation sites (N-methyl/N-ethyl adjacent to an activating group) is 1. The highest BCUT2D eigenvalue weighted by atomic mass is 16.2. The van der Waals surface area contributed by atoms with E-state index in [1.54, 1.807) is 4.90 Å². The van der Waals surface area contributed by atoms with Gasteiger partial charge in [-0.25, -0.2) is 4.79 Å². The third-order valence-corrected chi connectivity index (χ3v) is 6.83. The van der Waals surface area contributed by atoms with Crippen LogP contribution in [0.2, 0.25) is 0 Å². The Hall–Kier alpha value is -3.06. The fourth-order valence-corrected chi connectivity index (χ4v) is 4.61. The molecule has 7 heteroatoms. The molecule has 0 atom stereocenters. The molecule has 176 valence electrons. The molecule has 2 saturated heterocycles. The highest BCUT2D eigenvalue weighted by Crippen LogP contribution is 2.26. The van der Waals surface area contributed by atoms with Gasteiger partial charge in [-0.15, -0.1) is 0 Å². The second kappa shape index (κ2) is 10.7. The Bertz CT molecular complexity index is 948. The summed E-state index contributed by atoms with van der Waals surface area (Å²) in [5.74, 6) is -0.0301. The third kappa shape index (κ3) is 5.85. The van der Waals surface area contributed by atoms with E-state index >= 15 is 0 Å². The number of benzene rings is 2. The molecular formula is C26H35N5O2. The van der Waals surface area contributed by atoms with Crippen LogP contribution in [0.4, 0.5) is 21.9 Å². The monoisotopic (exact) mass is 449 g/mol. The lowest BCUT2D eigenvalue weighted by atomic mass is 9.96. The number of carbonyl (C=O) groups is 2. The summed E-state index contributed by atoms with van der Waals surface area (Å²) < 4.78 is 0. The molecule has 0 aliphatic carbocycles. The van der Waals surface area contributed by atoms with Gasteiger partial charge >= 0.3 is 6.03 Å². The van der Waals surface area contributed by atoms with Crippen molar-refractivity contribution in [2.24, 2.45) is 5.92 Å². The molecule has 7 nitrogen and oxygen atoms in total. The fraction of sp³-hybridized carbons (Fsp3) is 0.462. The van der Waals surface area contributed by atoms with E-state index in [0.29, 0.717) is 25.9 Å². The molecule has 2 aromatic carbocycles. The third-order valence-electron chi connectivity index (χ3n) is 6.83. The van der Waals surface area contributed by atoms with Gasteiger partial charge in [0.15, 0.2) is 0 Å². The number of urea groups is 1. The van der Waals surface area contributed by atoms with E-state index in [1.165, 1.54) is 5.69 Å². The normalized spacial score (nSPS) is 17.6. The van der Waals surface area contributed by atoms with Crippen molar-refractivity contribution in [2.75, 3.05) is 61.3 Å². The fourth-order valence-electron chi connectivity index (χ4n) is 4.61. The average Bonchev–Trinajstić information content (AvgIpc) is 2.86. The average molecular weight is 450 g/mol. The second-order valence-corrected chi connectivity index (χ2v) is 8.97. The van der Waals surface area contributed by atoms with Crippen LogP contribution in [0.5, 0.6) is 0 Å². The van der Waals surface area contributed by atoms with Gasteiger partial charge in [-0.3, -0.25) is 4.79 Å². The number of aryl methyl sites for hydroxylation is 1. The summed E-state index contributed by atoms with van der Waals surface area (Å²) in [5, 5.41) is 6.05. The van der Waals surface area contributed by atoms with Gasteiger partial charge in [0.2, 0.25) is 5.91 Å². The minimum atomic E-state index is -0.105. The predicted octanol–water partition coefficient (Wildman–Crippen LogP) is 4.02. The number of hydrogen-bond acceptors (Lipinski definition) is 4. The molecule has 0 radical (unpaired) electrons. The summed E-state index contributed by atoms with van der Waals surface area (Å²) in [4.78, 5) is 32.1. The van der Waals surface area contributed by atoms with Crippen molar-refractivity contribution in [1.29, 1.82) is 0 Å². The number of nitrogens with zero attached hydrogens (tertiary/aromatic N) is 3. The molecule has 2 aromatic rings. The second-order valence-electron chi connectivity index (χ2n) is 8.97. The van der Waals surface area contributed by atoms with Crippen LogP contribution in [0.1, 0.15) is 25.3 Å². The smallest absolute Gasteiger partial charge is 0.321 e. The Morgan fingerprint density at radius 3 is 2.24 bits per heavy atom. The highest BCUT2D eigenvalue weighted by Gasteiger charge is 2.28. The lowest BCUT2D eigenvalue weighted by Gasteiger charge is -2.35. The Kier molecular flexibility index (Phi) is 7.50. The molecule has 0 saturated carbocycles. The van der Waals surface area contributed by atoms with Crippen molar-refractivity contribution in [2.45, 2.75) is 26.7 Å². The number of hydrogen-bond donors (Lipinski definition) is 2. The number of piperidine rings is 1. The van der Waals surface area contributed by atoms with Gasteiger partial charge < -0.3 is 25.3 Å². The van der Waals surface area contributed by atoms with Crippen LogP contribution >= 0.6 is 0 Å². The summed E-state index contributed by atoms with van der Waals surface area (Å²) in [6.07, 6.45) is 1.35. The van der Waals surface area contributed by atoms with Crippen molar-refractivity contribution >= 4 is 29.0 Å². The zero-order chi connectivity index (χ0) is 23.2. The molecule has 2 fully saturated rings. The maximum Gasteiger partial charge on any atom is 0.321 e. The Morgan fingerprint density at radius 1 is 0.909 bits per heavy atom. The number of nitrogens with one attached hydrogen (secondary N) is 2. The van der Waals surface area contributed by atoms with Gasteiger partial charge in [-0.1, -0.05) is 25.1 Å². The first-order valence-corrected chi connectivity index (χ1v) is 12.0. The van der Waals surface area contributed by atoms with Crippen molar-refractivity contribution in [3.63, 3.8) is 0 Å². The quantitative estimate of drug-likeness (QED) is 0.724. The van der Waals surface area contributed by atoms with E-state index in [4.69, 9.17) is 0 Å². The molecule has 2 aliphatic heterocycles. The number of para-hydroxylation sites is 1. The SMILES string of the molecule is CCN1CCN(c2ccc(NC(=O)C3CCN(C(=O)Nc4ccccc4)CC3)c(C)c2)CC1. The summed E-state index contributed by atoms with van der Waals surface area (Å²) >= 11 is 0. The summed E-state index contributed by atoms with van der Waals surface area (Å²) in [7, 11) is 0. The Morgan fingerprint density at radius 2 is 1.61 bits per heavy atom. The molecule has 3 amide bonds. The number of piperazine rings is 1. The maximum atomic E-state index is 12.9. The standard InChI is InChI=1S/C26H35N5O2/c1-3-29-15-17-30(18-16-29)23-9-10-24(20(2)19-23)28-25(32)21-11-13-31(14-12-21)26(33)27-22-7-5-4-6-8-22/h4-10,19,21H,3,11-18H2,1-2H3,(H,27,33)(H,28,32). The van der Waals surface area contributed by atoms with Crippen LogP contribution in [0.3, 0.4) is 0 Å². The Labute approximate surface area is 196 Å². The first-order chi connectivity index (χ1) is 16.0. The highest BCUT2D eigenvalue weighted by molar-refractivity contribution is 5.94. The molecular weight excluding hydrogens is 414 g/mol. The van der Waals surface area contributed by atoms with Crippen molar-refractivity contribution in [3.05, 3.63) is 54.1 Å². The maximum absolute atomic E-state index is 12.9. The molecule has 0 unspecified atom stereocenters. The van der Waals surface area contributed by atoms with Gasteiger partial charge in [-0.05, 0) is 62.2 Å². The first kappa shape index (κ1) is 23.1. The van der Waals surface area contributed by atoms with E-state index in [1.807, 2.05) is 36.4 Å². The zero-order valence-corrected chi connectivity index (χ0v) is 19.7. The molecule has 2 N–H and O–H groups in total. The number of rotatable bonds is 5. The van der Waals surface area contributed by atoms with Gasteiger partial charge in [0, 0.05) is 62.2 Å². The lowest BCUT2D eigenvalue weighted by molar-refractivity contribution is -0.121. The van der Waals surface area contributed by atoms with Gasteiger partial charge in [0.1, 0.15) is 0 Å². The number of carbonyl (C=O) groups excluding carboxylic acids is 2. The van der Waals surface area contributed by atoms with Crippen LogP contribution < -0.4 is 15.5 Å². The minimum absolute atomic E-state index is 0.0468. The lowest BCUT2D eigenvalue weighted by Crippen LogP contribution is -2.46. The van der Waals surface area contributed by atoms with E-state index in [9.17, 15) is 9.59 Å². The zero-order valence-electron chi connectivity index (χ0n) is 19.7. The van der Waals surface area contributed by atoms with Gasteiger partial charge in [0.25, 0.3) is 0 Å². The number of likely N-dealkylation sites (tertiary alicyclic amines) is 1. The van der Waals surface area contributed by atoms with Gasteiger partial charge in [0.05, 0.1) is 0 Å². The molecule has 0 aromatic heterocycles. The van der Waals surface area contributed by atoms with Crippen molar-refractivity contribution in [1.82, 2.24) is 9.80 Å². The van der Waals surface area contributed by atoms with Crippen LogP contribution in [0.25, 0.3) is 0 Å². The first-order valence-electron chi connectivity index (χ1n) is 12.0. The summed E-state index contributed by atoms with van der Waals surface area (Å²) in [5.41, 5.74) is 3.96. The van der Waals surface area contributed by atoms with E-state index in [0.717, 1.165) is 49.7 Å². The molecule has 2 heterocycles. The number of amides is 3. The van der Waals surface area contributed by atoms with Crippen LogP contribution in [0, 0.1) is 12.8 Å². The summed E-state index contributed by atoms with van der Waals surface area (Å²) in [6, 6.07) is 15.7. The predicted molar refractivity (Wildman–Crippen MR) is 134 cm³/mol. The molecule has 4 rings (SSSR count). The van der Waals surface area contributed by atoms with E-state index < -0.39 is 0 Å². The molecule has 2 aliphatic rings. The van der Waals surface area contributed by atoms with Crippen molar-refractivity contribution in [3.8, 4) is 0 Å². The molecule has 0 spiro atoms. The van der Waals surface area contributed by atoms with Crippen LogP contribution in [-0.4, -0.2) is 67.6 Å². The van der Waals surface area contributed by atoms with Gasteiger partial charge in [-0.2, -0.15) is 0 Å². The number of anilines is 3. The van der Waals surface area contributed by atoms with E-state index in [-0.39, 0.29) is 17.9 Å². The summed E-state index contributed by atoms with van der Waals surface area (Å²) in [6.45, 7) is 10.8. The molecule has 0 bridgehead atoms. The largest absolute Gasteiger partial charge is 0.369 e. The van der Waals surface area contributed by atoms with Crippen molar-refractivity contribution < 1.29 is 9.59 Å². The minimum Gasteiger partial charge on any atom is -0.369 e. The van der Waals surface area contributed by atoms with E-state index in [2.05, 4.69) is 46.4 Å². The molecule has 33 heavy (non-hydrogen) atoms. The van der Waals surface area contributed by atoms with Crippen LogP contribution in [-0.2, 0) is 4.79 Å². The Balaban J connectivity index is 1.27. The van der Waals surface area contributed by atoms with Crippen LogP contribution in [0.15, 0.2) is 48.5 Å². The topological polar surface area (TPSA) is 67.9 Å².